The zero-order valence-corrected chi connectivity index (χ0v) is 29.6. The number of methoxy groups -OCH3 is 1. The lowest BCUT2D eigenvalue weighted by molar-refractivity contribution is -0.160. The van der Waals surface area contributed by atoms with Gasteiger partial charge in [-0.25, -0.2) is 0 Å². The molecule has 0 aliphatic carbocycles. The minimum atomic E-state index is -0.736. The van der Waals surface area contributed by atoms with Gasteiger partial charge in [-0.2, -0.15) is 0 Å². The van der Waals surface area contributed by atoms with E-state index >= 15 is 0 Å². The van der Waals surface area contributed by atoms with Gasteiger partial charge in [-0.15, -0.1) is 0 Å². The molecule has 0 aliphatic heterocycles. The number of carbonyl (C=O) groups is 2. The maximum absolute atomic E-state index is 12.3. The average Bonchev–Trinajstić information content (AvgIpc) is 2.84. The molecule has 0 rings (SSSR count). The van der Waals surface area contributed by atoms with Crippen LogP contribution in [0.3, 0.4) is 0 Å². The second kappa shape index (κ2) is 15.3. The van der Waals surface area contributed by atoms with E-state index in [0.717, 1.165) is 12.2 Å². The number of esters is 1. The number of hydrogen-bond acceptors (Lipinski definition) is 8. The molecule has 0 saturated carbocycles. The highest BCUT2D eigenvalue weighted by molar-refractivity contribution is 8.76. The van der Waals surface area contributed by atoms with Crippen molar-refractivity contribution in [2.24, 2.45) is 27.1 Å². The van der Waals surface area contributed by atoms with E-state index in [0.29, 0.717) is 32.4 Å². The monoisotopic (exact) mass is 607 g/mol. The van der Waals surface area contributed by atoms with Crippen LogP contribution in [-0.4, -0.2) is 72.2 Å². The highest BCUT2D eigenvalue weighted by atomic mass is 33.1. The van der Waals surface area contributed by atoms with E-state index in [2.05, 4.69) is 19.2 Å². The van der Waals surface area contributed by atoms with Crippen molar-refractivity contribution >= 4 is 33.5 Å². The molecule has 40 heavy (non-hydrogen) atoms. The fourth-order valence-corrected chi connectivity index (χ4v) is 7.40. The molecule has 0 radical (unpaired) electrons. The van der Waals surface area contributed by atoms with E-state index in [1.807, 2.05) is 75.5 Å². The number of amides is 1. The van der Waals surface area contributed by atoms with Crippen LogP contribution < -0.4 is 5.32 Å². The molecule has 1 amide bonds. The number of ether oxygens (including phenoxy) is 2. The van der Waals surface area contributed by atoms with Gasteiger partial charge in [0.2, 0.25) is 5.91 Å². The summed E-state index contributed by atoms with van der Waals surface area (Å²) in [5.41, 5.74) is -3.45. The van der Waals surface area contributed by atoms with E-state index < -0.39 is 44.9 Å². The summed E-state index contributed by atoms with van der Waals surface area (Å²) >= 11 is 0. The highest BCUT2D eigenvalue weighted by Gasteiger charge is 2.47. The average molecular weight is 608 g/mol. The van der Waals surface area contributed by atoms with Crippen LogP contribution in [0.1, 0.15) is 109 Å². The Balaban J connectivity index is 5.46. The van der Waals surface area contributed by atoms with E-state index in [9.17, 15) is 19.8 Å². The number of hydrogen-bond donors (Lipinski definition) is 3. The Labute approximate surface area is 253 Å². The van der Waals surface area contributed by atoms with E-state index in [4.69, 9.17) is 9.47 Å². The Bertz CT molecular complexity index is 812. The molecule has 3 unspecified atom stereocenters. The molecule has 0 aromatic heterocycles. The summed E-state index contributed by atoms with van der Waals surface area (Å²) in [6.07, 6.45) is 2.85. The summed E-state index contributed by atoms with van der Waals surface area (Å²) in [6, 6.07) is 0. The van der Waals surface area contributed by atoms with Gasteiger partial charge in [0, 0.05) is 29.5 Å². The molecule has 3 N–H and O–H groups in total. The Kier molecular flexibility index (Phi) is 15.1. The van der Waals surface area contributed by atoms with E-state index in [1.165, 1.54) is 7.11 Å². The predicted octanol–water partition coefficient (Wildman–Crippen LogP) is 6.50. The van der Waals surface area contributed by atoms with Crippen molar-refractivity contribution in [2.75, 3.05) is 32.3 Å². The first-order valence-electron chi connectivity index (χ1n) is 14.4. The second-order valence-electron chi connectivity index (χ2n) is 15.1. The quantitative estimate of drug-likeness (QED) is 0.0869. The number of carbonyl (C=O) groups excluding carboxylic acids is 2. The van der Waals surface area contributed by atoms with Gasteiger partial charge in [-0.3, -0.25) is 9.59 Å². The first-order chi connectivity index (χ1) is 17.9. The van der Waals surface area contributed by atoms with Gasteiger partial charge in [-0.1, -0.05) is 77.0 Å². The molecule has 0 spiro atoms. The van der Waals surface area contributed by atoms with Crippen molar-refractivity contribution in [1.82, 2.24) is 5.32 Å². The molecule has 0 bridgehead atoms. The maximum atomic E-state index is 12.3. The van der Waals surface area contributed by atoms with E-state index in [1.54, 1.807) is 21.6 Å². The number of aliphatic hydroxyl groups is 2. The van der Waals surface area contributed by atoms with Gasteiger partial charge in [0.15, 0.2) is 0 Å². The fraction of sp³-hybridized carbons (Fsp3) is 0.935. The minimum absolute atomic E-state index is 0.00220. The van der Waals surface area contributed by atoms with Gasteiger partial charge in [0.05, 0.1) is 36.9 Å². The molecule has 0 saturated heterocycles. The predicted molar refractivity (Wildman–Crippen MR) is 170 cm³/mol. The molecule has 238 valence electrons. The molecular weight excluding hydrogens is 546 g/mol. The van der Waals surface area contributed by atoms with Gasteiger partial charge in [0.25, 0.3) is 0 Å². The summed E-state index contributed by atoms with van der Waals surface area (Å²) in [5, 5.41) is 26.1. The largest absolute Gasteiger partial charge is 0.469 e. The van der Waals surface area contributed by atoms with Crippen LogP contribution in [0.2, 0.25) is 0 Å². The maximum Gasteiger partial charge on any atom is 0.311 e. The molecule has 0 aromatic rings. The lowest BCUT2D eigenvalue weighted by Gasteiger charge is -2.48. The zero-order valence-electron chi connectivity index (χ0n) is 27.9. The molecular formula is C31H61NO6S2. The molecule has 0 aliphatic rings. The van der Waals surface area contributed by atoms with Crippen molar-refractivity contribution in [2.45, 2.75) is 127 Å². The second-order valence-corrected chi connectivity index (χ2v) is 17.8. The van der Waals surface area contributed by atoms with Gasteiger partial charge in [-0.05, 0) is 64.0 Å². The van der Waals surface area contributed by atoms with Crippen LogP contribution in [0, 0.1) is 27.1 Å². The lowest BCUT2D eigenvalue weighted by Crippen LogP contribution is -2.52. The Morgan fingerprint density at radius 2 is 1.40 bits per heavy atom. The Morgan fingerprint density at radius 3 is 1.88 bits per heavy atom. The first kappa shape index (κ1) is 39.5. The molecule has 0 fully saturated rings. The van der Waals surface area contributed by atoms with Crippen LogP contribution in [-0.2, 0) is 19.1 Å². The van der Waals surface area contributed by atoms with Crippen molar-refractivity contribution in [3.05, 3.63) is 0 Å². The third-order valence-electron chi connectivity index (χ3n) is 8.26. The smallest absolute Gasteiger partial charge is 0.311 e. The molecule has 9 heteroatoms. The highest BCUT2D eigenvalue weighted by Crippen LogP contribution is 2.46. The van der Waals surface area contributed by atoms with Crippen LogP contribution in [0.5, 0.6) is 0 Å². The van der Waals surface area contributed by atoms with Crippen LogP contribution in [0.25, 0.3) is 0 Å². The van der Waals surface area contributed by atoms with Gasteiger partial charge >= 0.3 is 5.97 Å². The third kappa shape index (κ3) is 12.0. The summed E-state index contributed by atoms with van der Waals surface area (Å²) in [6.45, 7) is 24.5. The fourth-order valence-electron chi connectivity index (χ4n) is 6.21. The summed E-state index contributed by atoms with van der Waals surface area (Å²) in [4.78, 5) is 24.6. The number of nitrogens with one attached hydrogen (secondary N) is 1. The normalized spacial score (nSPS) is 16.7. The molecule has 0 heterocycles. The number of rotatable bonds is 19. The first-order valence-corrected chi connectivity index (χ1v) is 17.2. The Hall–Kier alpha value is -0.480. The van der Waals surface area contributed by atoms with Crippen LogP contribution in [0.4, 0.5) is 0 Å². The summed E-state index contributed by atoms with van der Waals surface area (Å²) in [5.74, 6) is 0.472. The number of aliphatic hydroxyl groups excluding tert-OH is 2. The minimum Gasteiger partial charge on any atom is -0.469 e. The topological polar surface area (TPSA) is 105 Å². The van der Waals surface area contributed by atoms with Crippen molar-refractivity contribution in [1.29, 1.82) is 0 Å². The SMILES string of the molecule is CCC(C)(CC(C)(C)OCC(C)(C)C(O)C(C)(C)CC(C)(C)C(=O)OC)C(O)C(C)(C)CNC(=O)CCSSC. The zero-order chi connectivity index (χ0) is 31.8. The van der Waals surface area contributed by atoms with Gasteiger partial charge in [0.1, 0.15) is 0 Å². The lowest BCUT2D eigenvalue weighted by atomic mass is 9.64. The van der Waals surface area contributed by atoms with Crippen molar-refractivity contribution < 1.29 is 29.3 Å². The molecule has 7 nitrogen and oxygen atoms in total. The standard InChI is InChI=1S/C31H61NO6S2/c1-15-31(12,24(35)28(6,7)20-32-22(33)16-17-40-39-14)19-30(10,11)38-21-29(8,9)23(34)26(2,3)18-27(4,5)25(36)37-13/h23-24,34-35H,15-21H2,1-14H3,(H,32,33). The van der Waals surface area contributed by atoms with Crippen molar-refractivity contribution in [3.63, 3.8) is 0 Å². The third-order valence-corrected chi connectivity index (χ3v) is 10.1. The molecule has 3 atom stereocenters. The molecule has 0 aromatic carbocycles. The van der Waals surface area contributed by atoms with Gasteiger partial charge < -0.3 is 25.0 Å². The van der Waals surface area contributed by atoms with Crippen LogP contribution in [0.15, 0.2) is 0 Å². The van der Waals surface area contributed by atoms with Crippen LogP contribution >= 0.6 is 21.6 Å². The van der Waals surface area contributed by atoms with E-state index in [-0.39, 0.29) is 11.9 Å². The van der Waals surface area contributed by atoms with Crippen molar-refractivity contribution in [3.8, 4) is 0 Å². The Morgan fingerprint density at radius 1 is 0.850 bits per heavy atom. The summed E-state index contributed by atoms with van der Waals surface area (Å²) in [7, 11) is 4.70. The summed E-state index contributed by atoms with van der Waals surface area (Å²) < 4.78 is 11.5.